The molecule has 1 aromatic carbocycles. The number of ether oxygens (including phenoxy) is 2. The number of carbonyl (C=O) groups excluding carboxylic acids is 2. The topological polar surface area (TPSA) is 69.0 Å². The van der Waals surface area contributed by atoms with Crippen molar-refractivity contribution in [3.63, 3.8) is 0 Å². The number of furan rings is 1. The van der Waals surface area contributed by atoms with Gasteiger partial charge in [0.25, 0.3) is 11.8 Å². The molecule has 6 nitrogen and oxygen atoms in total. The maximum Gasteiger partial charge on any atom is 0.268 e. The Balaban J connectivity index is 1.60. The number of thioether (sulfide) groups is 1. The van der Waals surface area contributed by atoms with Crippen LogP contribution in [0, 0.1) is 0 Å². The predicted molar refractivity (Wildman–Crippen MR) is 115 cm³/mol. The van der Waals surface area contributed by atoms with E-state index in [0.717, 1.165) is 30.8 Å². The van der Waals surface area contributed by atoms with E-state index in [1.165, 1.54) is 16.7 Å². The molecule has 2 aliphatic rings. The first-order valence-corrected chi connectivity index (χ1v) is 11.3. The Labute approximate surface area is 180 Å². The minimum Gasteiger partial charge on any atom is -0.494 e. The molecule has 0 bridgehead atoms. The second-order valence-corrected chi connectivity index (χ2v) is 8.29. The summed E-state index contributed by atoms with van der Waals surface area (Å²) in [6, 6.07) is 11.0. The van der Waals surface area contributed by atoms with E-state index in [-0.39, 0.29) is 17.9 Å². The van der Waals surface area contributed by atoms with E-state index in [4.69, 9.17) is 13.9 Å². The molecule has 7 heteroatoms. The molecule has 2 aromatic rings. The summed E-state index contributed by atoms with van der Waals surface area (Å²) in [5.74, 6) is 1.47. The van der Waals surface area contributed by atoms with E-state index in [1.807, 2.05) is 43.3 Å². The monoisotopic (exact) mass is 427 g/mol. The highest BCUT2D eigenvalue weighted by Gasteiger charge is 2.40. The summed E-state index contributed by atoms with van der Waals surface area (Å²) in [5, 5.41) is 0. The van der Waals surface area contributed by atoms with Gasteiger partial charge < -0.3 is 13.9 Å². The SMILES string of the molecule is CCCOc1ccc(C2=C(SCc3ccco3)C(=O)N(CC3CCCO3)C2=O)cc1. The lowest BCUT2D eigenvalue weighted by atomic mass is 10.1. The average Bonchev–Trinajstić information content (AvgIpc) is 3.50. The molecule has 0 radical (unpaired) electrons. The minimum atomic E-state index is -0.264. The highest BCUT2D eigenvalue weighted by molar-refractivity contribution is 8.03. The Morgan fingerprint density at radius 3 is 2.67 bits per heavy atom. The van der Waals surface area contributed by atoms with Crippen LogP contribution in [-0.4, -0.2) is 42.6 Å². The molecule has 1 unspecified atom stereocenters. The van der Waals surface area contributed by atoms with E-state index >= 15 is 0 Å². The summed E-state index contributed by atoms with van der Waals surface area (Å²) in [4.78, 5) is 28.2. The Morgan fingerprint density at radius 2 is 2.00 bits per heavy atom. The molecular formula is C23H25NO5S. The van der Waals surface area contributed by atoms with Crippen LogP contribution in [0.1, 0.15) is 37.5 Å². The van der Waals surface area contributed by atoms with Crippen molar-refractivity contribution in [3.8, 4) is 5.75 Å². The van der Waals surface area contributed by atoms with Crippen LogP contribution < -0.4 is 4.74 Å². The maximum absolute atomic E-state index is 13.3. The van der Waals surface area contributed by atoms with Crippen LogP contribution in [0.15, 0.2) is 52.0 Å². The number of rotatable bonds is 9. The highest BCUT2D eigenvalue weighted by atomic mass is 32.2. The van der Waals surface area contributed by atoms with Gasteiger partial charge in [0.2, 0.25) is 0 Å². The van der Waals surface area contributed by atoms with Crippen LogP contribution >= 0.6 is 11.8 Å². The molecule has 158 valence electrons. The second kappa shape index (κ2) is 9.53. The fourth-order valence-electron chi connectivity index (χ4n) is 3.58. The van der Waals surface area contributed by atoms with Crippen molar-refractivity contribution >= 4 is 29.1 Å². The first-order chi connectivity index (χ1) is 14.7. The third-order valence-electron chi connectivity index (χ3n) is 5.09. The largest absolute Gasteiger partial charge is 0.494 e. The molecule has 1 saturated heterocycles. The summed E-state index contributed by atoms with van der Waals surface area (Å²) in [6.07, 6.45) is 4.26. The number of imide groups is 1. The first kappa shape index (κ1) is 20.8. The molecule has 30 heavy (non-hydrogen) atoms. The number of carbonyl (C=O) groups is 2. The normalized spacial score (nSPS) is 19.2. The molecule has 0 spiro atoms. The molecule has 2 aliphatic heterocycles. The van der Waals surface area contributed by atoms with Crippen molar-refractivity contribution < 1.29 is 23.5 Å². The minimum absolute atomic E-state index is 0.0848. The quantitative estimate of drug-likeness (QED) is 0.557. The van der Waals surface area contributed by atoms with Crippen molar-refractivity contribution in [2.75, 3.05) is 19.8 Å². The number of hydrogen-bond donors (Lipinski definition) is 0. The number of nitrogens with zero attached hydrogens (tertiary/aromatic N) is 1. The van der Waals surface area contributed by atoms with Crippen LogP contribution in [-0.2, 0) is 20.1 Å². The van der Waals surface area contributed by atoms with Crippen molar-refractivity contribution in [1.82, 2.24) is 4.90 Å². The van der Waals surface area contributed by atoms with Gasteiger partial charge in [0.05, 0.1) is 41.7 Å². The van der Waals surface area contributed by atoms with Gasteiger partial charge in [0.1, 0.15) is 11.5 Å². The van der Waals surface area contributed by atoms with Crippen LogP contribution in [0.4, 0.5) is 0 Å². The average molecular weight is 428 g/mol. The van der Waals surface area contributed by atoms with Gasteiger partial charge in [-0.25, -0.2) is 0 Å². The third-order valence-corrected chi connectivity index (χ3v) is 6.19. The summed E-state index contributed by atoms with van der Waals surface area (Å²) in [7, 11) is 0. The summed E-state index contributed by atoms with van der Waals surface area (Å²) >= 11 is 1.34. The van der Waals surface area contributed by atoms with Crippen LogP contribution in [0.25, 0.3) is 5.57 Å². The van der Waals surface area contributed by atoms with Crippen molar-refractivity contribution in [2.24, 2.45) is 0 Å². The molecule has 1 fully saturated rings. The van der Waals surface area contributed by atoms with Gasteiger partial charge in [0.15, 0.2) is 0 Å². The van der Waals surface area contributed by atoms with Gasteiger partial charge in [0, 0.05) is 6.61 Å². The molecule has 4 rings (SSSR count). The van der Waals surface area contributed by atoms with E-state index in [2.05, 4.69) is 0 Å². The Bertz CT molecular complexity index is 914. The lowest BCUT2D eigenvalue weighted by molar-refractivity contribution is -0.138. The molecule has 3 heterocycles. The number of benzene rings is 1. The summed E-state index contributed by atoms with van der Waals surface area (Å²) < 4.78 is 16.7. The fraction of sp³-hybridized carbons (Fsp3) is 0.391. The lowest BCUT2D eigenvalue weighted by Gasteiger charge is -2.19. The summed E-state index contributed by atoms with van der Waals surface area (Å²) in [6.45, 7) is 3.66. The van der Waals surface area contributed by atoms with Crippen molar-refractivity contribution in [2.45, 2.75) is 38.0 Å². The van der Waals surface area contributed by atoms with Gasteiger partial charge in [-0.05, 0) is 49.1 Å². The van der Waals surface area contributed by atoms with Crippen molar-refractivity contribution in [1.29, 1.82) is 0 Å². The van der Waals surface area contributed by atoms with Gasteiger partial charge in [-0.1, -0.05) is 19.1 Å². The van der Waals surface area contributed by atoms with Crippen LogP contribution in [0.2, 0.25) is 0 Å². The predicted octanol–water partition coefficient (Wildman–Crippen LogP) is 4.26. The van der Waals surface area contributed by atoms with Crippen LogP contribution in [0.3, 0.4) is 0 Å². The van der Waals surface area contributed by atoms with E-state index < -0.39 is 0 Å². The van der Waals surface area contributed by atoms with Crippen LogP contribution in [0.5, 0.6) is 5.75 Å². The Morgan fingerprint density at radius 1 is 1.17 bits per heavy atom. The first-order valence-electron chi connectivity index (χ1n) is 10.3. The van der Waals surface area contributed by atoms with Crippen molar-refractivity contribution in [3.05, 3.63) is 58.9 Å². The maximum atomic E-state index is 13.3. The molecule has 0 saturated carbocycles. The molecule has 1 aromatic heterocycles. The number of hydrogen-bond acceptors (Lipinski definition) is 6. The Kier molecular flexibility index (Phi) is 6.59. The molecule has 0 N–H and O–H groups in total. The molecule has 2 amide bonds. The van der Waals surface area contributed by atoms with E-state index in [0.29, 0.717) is 41.6 Å². The van der Waals surface area contributed by atoms with E-state index in [9.17, 15) is 9.59 Å². The summed E-state index contributed by atoms with van der Waals surface area (Å²) in [5.41, 5.74) is 1.16. The third kappa shape index (κ3) is 4.47. The zero-order chi connectivity index (χ0) is 20.9. The highest BCUT2D eigenvalue weighted by Crippen LogP contribution is 2.38. The van der Waals surface area contributed by atoms with Gasteiger partial charge in [-0.3, -0.25) is 14.5 Å². The van der Waals surface area contributed by atoms with Gasteiger partial charge in [-0.2, -0.15) is 0 Å². The zero-order valence-corrected chi connectivity index (χ0v) is 17.8. The van der Waals surface area contributed by atoms with E-state index in [1.54, 1.807) is 6.26 Å². The smallest absolute Gasteiger partial charge is 0.268 e. The number of amides is 2. The second-order valence-electron chi connectivity index (χ2n) is 7.30. The lowest BCUT2D eigenvalue weighted by Crippen LogP contribution is -2.37. The Hall–Kier alpha value is -2.51. The van der Waals surface area contributed by atoms with Gasteiger partial charge >= 0.3 is 0 Å². The standard InChI is InChI=1S/C23H25NO5S/c1-2-11-27-17-9-7-16(8-10-17)20-21(30-15-19-6-4-13-29-19)23(26)24(22(20)25)14-18-5-3-12-28-18/h4,6-10,13,18H,2-3,5,11-12,14-15H2,1H3. The molecular weight excluding hydrogens is 402 g/mol. The zero-order valence-electron chi connectivity index (χ0n) is 17.0. The molecule has 0 aliphatic carbocycles. The molecule has 1 atom stereocenters. The van der Waals surface area contributed by atoms with Gasteiger partial charge in [-0.15, -0.1) is 11.8 Å². The fourth-order valence-corrected chi connectivity index (χ4v) is 4.61.